The Hall–Kier alpha value is -4.83. The molecule has 2 fully saturated rings. The average molecular weight is 645 g/mol. The SMILES string of the molecule is Cn1cnnc1-c1ccc(C(F)(F)F)cc1-c1cc(NC2(CC#N)CC2)nc(N2Cc3c(F)cc(CN4CCCCC4)cc3C2=O)c1. The summed E-state index contributed by atoms with van der Waals surface area (Å²) < 4.78 is 59.1. The molecule has 1 saturated carbocycles. The van der Waals surface area contributed by atoms with Crippen molar-refractivity contribution in [2.24, 2.45) is 7.05 Å². The molecule has 1 amide bonds. The monoisotopic (exact) mass is 644 g/mol. The molecule has 2 aromatic heterocycles. The Labute approximate surface area is 268 Å². The van der Waals surface area contributed by atoms with E-state index in [2.05, 4.69) is 26.5 Å². The zero-order valence-corrected chi connectivity index (χ0v) is 25.7. The van der Waals surface area contributed by atoms with Gasteiger partial charge in [0.15, 0.2) is 5.82 Å². The molecule has 1 saturated heterocycles. The van der Waals surface area contributed by atoms with Gasteiger partial charge in [-0.2, -0.15) is 18.4 Å². The van der Waals surface area contributed by atoms with Gasteiger partial charge in [0, 0.05) is 30.3 Å². The highest BCUT2D eigenvalue weighted by Crippen LogP contribution is 2.44. The largest absolute Gasteiger partial charge is 0.416 e. The first kappa shape index (κ1) is 30.8. The lowest BCUT2D eigenvalue weighted by atomic mass is 9.96. The number of carbonyl (C=O) groups is 1. The van der Waals surface area contributed by atoms with Crippen LogP contribution in [0.5, 0.6) is 0 Å². The molecule has 9 nitrogen and oxygen atoms in total. The van der Waals surface area contributed by atoms with Gasteiger partial charge in [-0.1, -0.05) is 6.42 Å². The van der Waals surface area contributed by atoms with Crippen molar-refractivity contribution < 1.29 is 22.4 Å². The van der Waals surface area contributed by atoms with Gasteiger partial charge in [0.1, 0.15) is 23.8 Å². The highest BCUT2D eigenvalue weighted by molar-refractivity contribution is 6.10. The number of likely N-dealkylation sites (tertiary alicyclic amines) is 1. The van der Waals surface area contributed by atoms with Crippen molar-refractivity contribution in [1.29, 1.82) is 5.26 Å². The van der Waals surface area contributed by atoms with Gasteiger partial charge in [-0.05, 0) is 97.9 Å². The molecular formula is C34H32F4N8O. The third-order valence-electron chi connectivity index (χ3n) is 9.26. The van der Waals surface area contributed by atoms with Gasteiger partial charge < -0.3 is 9.88 Å². The molecule has 0 bridgehead atoms. The number of alkyl halides is 3. The summed E-state index contributed by atoms with van der Waals surface area (Å²) in [6.07, 6.45) is 1.81. The van der Waals surface area contributed by atoms with Gasteiger partial charge in [-0.25, -0.2) is 9.37 Å². The molecule has 0 unspecified atom stereocenters. The van der Waals surface area contributed by atoms with Crippen molar-refractivity contribution in [3.8, 4) is 28.6 Å². The minimum Gasteiger partial charge on any atom is -0.364 e. The van der Waals surface area contributed by atoms with E-state index in [0.717, 1.165) is 38.1 Å². The summed E-state index contributed by atoms with van der Waals surface area (Å²) >= 11 is 0. The number of nitrogens with zero attached hydrogens (tertiary/aromatic N) is 7. The topological polar surface area (TPSA) is 103 Å². The maximum Gasteiger partial charge on any atom is 0.416 e. The van der Waals surface area contributed by atoms with Crippen LogP contribution in [-0.4, -0.2) is 49.2 Å². The van der Waals surface area contributed by atoms with E-state index < -0.39 is 29.0 Å². The van der Waals surface area contributed by atoms with E-state index >= 15 is 4.39 Å². The predicted octanol–water partition coefficient (Wildman–Crippen LogP) is 6.71. The van der Waals surface area contributed by atoms with E-state index in [4.69, 9.17) is 4.98 Å². The van der Waals surface area contributed by atoms with Crippen molar-refractivity contribution in [1.82, 2.24) is 24.6 Å². The van der Waals surface area contributed by atoms with Crippen molar-refractivity contribution in [2.75, 3.05) is 23.3 Å². The van der Waals surface area contributed by atoms with E-state index in [0.29, 0.717) is 47.7 Å². The third kappa shape index (κ3) is 6.05. The number of rotatable bonds is 8. The highest BCUT2D eigenvalue weighted by Gasteiger charge is 2.43. The van der Waals surface area contributed by atoms with Crippen LogP contribution in [0.3, 0.4) is 0 Å². The third-order valence-corrected chi connectivity index (χ3v) is 9.26. The maximum atomic E-state index is 15.5. The molecule has 13 heteroatoms. The second-order valence-corrected chi connectivity index (χ2v) is 12.7. The number of fused-ring (bicyclic) bond motifs is 1. The first-order valence-corrected chi connectivity index (χ1v) is 15.6. The standard InChI is InChI=1S/C34H32F4N8O/c1-44-20-40-43-31(44)24-6-5-23(34(36,37)38)17-25(24)22-15-29(42-33(7-8-33)9-10-39)41-30(16-22)46-19-27-26(32(46)47)13-21(14-28(27)35)18-45-11-3-2-4-12-45/h5-6,13-17,20H,2-4,7-9,11-12,18-19H2,1H3,(H,41,42). The molecule has 242 valence electrons. The van der Waals surface area contributed by atoms with Crippen LogP contribution in [0.2, 0.25) is 0 Å². The van der Waals surface area contributed by atoms with Gasteiger partial charge in [-0.3, -0.25) is 14.6 Å². The molecule has 1 N–H and O–H groups in total. The van der Waals surface area contributed by atoms with Crippen LogP contribution in [0.15, 0.2) is 48.8 Å². The van der Waals surface area contributed by atoms with Crippen molar-refractivity contribution in [2.45, 2.75) is 63.3 Å². The molecule has 7 rings (SSSR count). The summed E-state index contributed by atoms with van der Waals surface area (Å²) in [5.41, 5.74) is 0.766. The summed E-state index contributed by atoms with van der Waals surface area (Å²) in [5, 5.41) is 20.8. The Morgan fingerprint density at radius 3 is 2.49 bits per heavy atom. The molecule has 0 spiro atoms. The molecule has 0 radical (unpaired) electrons. The normalized spacial score (nSPS) is 17.4. The number of aromatic nitrogens is 4. The molecule has 3 aliphatic rings. The van der Waals surface area contributed by atoms with E-state index in [-0.39, 0.29) is 35.5 Å². The zero-order chi connectivity index (χ0) is 32.9. The molecular weight excluding hydrogens is 612 g/mol. The Bertz CT molecular complexity index is 1900. The van der Waals surface area contributed by atoms with Crippen molar-refractivity contribution >= 4 is 17.5 Å². The number of hydrogen-bond donors (Lipinski definition) is 1. The van der Waals surface area contributed by atoms with Crippen LogP contribution in [-0.2, 0) is 26.3 Å². The minimum atomic E-state index is -4.62. The first-order chi connectivity index (χ1) is 22.5. The molecule has 1 aliphatic carbocycles. The summed E-state index contributed by atoms with van der Waals surface area (Å²) in [4.78, 5) is 22.2. The summed E-state index contributed by atoms with van der Waals surface area (Å²) in [6, 6.07) is 11.9. The summed E-state index contributed by atoms with van der Waals surface area (Å²) in [6.45, 7) is 2.30. The predicted molar refractivity (Wildman–Crippen MR) is 167 cm³/mol. The van der Waals surface area contributed by atoms with Crippen molar-refractivity contribution in [3.63, 3.8) is 0 Å². The number of aryl methyl sites for hydroxylation is 1. The van der Waals surface area contributed by atoms with Gasteiger partial charge in [0.25, 0.3) is 5.91 Å². The number of halogens is 4. The Balaban J connectivity index is 1.32. The second-order valence-electron chi connectivity index (χ2n) is 12.7. The number of pyridine rings is 1. The molecule has 4 aromatic rings. The molecule has 47 heavy (non-hydrogen) atoms. The number of piperidine rings is 1. The van der Waals surface area contributed by atoms with Crippen LogP contribution >= 0.6 is 0 Å². The fourth-order valence-electron chi connectivity index (χ4n) is 6.55. The van der Waals surface area contributed by atoms with Gasteiger partial charge in [0.05, 0.1) is 30.1 Å². The van der Waals surface area contributed by atoms with Crippen LogP contribution in [0.1, 0.15) is 65.6 Å². The second kappa shape index (κ2) is 11.8. The van der Waals surface area contributed by atoms with E-state index in [1.54, 1.807) is 29.8 Å². The number of hydrogen-bond acceptors (Lipinski definition) is 7. The van der Waals surface area contributed by atoms with Crippen LogP contribution < -0.4 is 10.2 Å². The quantitative estimate of drug-likeness (QED) is 0.213. The zero-order valence-electron chi connectivity index (χ0n) is 25.7. The fourth-order valence-corrected chi connectivity index (χ4v) is 6.55. The minimum absolute atomic E-state index is 0.0814. The number of anilines is 2. The Kier molecular flexibility index (Phi) is 7.71. The lowest BCUT2D eigenvalue weighted by Gasteiger charge is -2.26. The summed E-state index contributed by atoms with van der Waals surface area (Å²) in [7, 11) is 1.69. The van der Waals surface area contributed by atoms with Crippen molar-refractivity contribution in [3.05, 3.63) is 76.9 Å². The van der Waals surface area contributed by atoms with Gasteiger partial charge in [-0.15, -0.1) is 10.2 Å². The Morgan fingerprint density at radius 1 is 1.02 bits per heavy atom. The fraction of sp³-hybridized carbons (Fsp3) is 0.382. The van der Waals surface area contributed by atoms with E-state index in [9.17, 15) is 23.2 Å². The Morgan fingerprint density at radius 2 is 1.81 bits per heavy atom. The van der Waals surface area contributed by atoms with E-state index in [1.807, 2.05) is 0 Å². The molecule has 0 atom stereocenters. The van der Waals surface area contributed by atoms with E-state index in [1.165, 1.54) is 29.8 Å². The number of carbonyl (C=O) groups excluding carboxylic acids is 1. The molecule has 2 aliphatic heterocycles. The van der Waals surface area contributed by atoms with Gasteiger partial charge >= 0.3 is 6.18 Å². The smallest absolute Gasteiger partial charge is 0.364 e. The van der Waals surface area contributed by atoms with Crippen LogP contribution in [0.4, 0.5) is 29.2 Å². The average Bonchev–Trinajstić information content (AvgIpc) is 3.51. The summed E-state index contributed by atoms with van der Waals surface area (Å²) in [5.74, 6) is -0.129. The molecule has 4 heterocycles. The lowest BCUT2D eigenvalue weighted by molar-refractivity contribution is -0.137. The van der Waals surface area contributed by atoms with Gasteiger partial charge in [0.2, 0.25) is 0 Å². The number of amides is 1. The van der Waals surface area contributed by atoms with Crippen LogP contribution in [0.25, 0.3) is 22.5 Å². The number of nitriles is 1. The maximum absolute atomic E-state index is 15.5. The number of benzene rings is 2. The first-order valence-electron chi connectivity index (χ1n) is 15.6. The lowest BCUT2D eigenvalue weighted by Crippen LogP contribution is -2.29. The number of nitrogens with one attached hydrogen (secondary N) is 1. The van der Waals surface area contributed by atoms with Crippen LogP contribution in [0, 0.1) is 17.1 Å². The molecule has 2 aromatic carbocycles. The highest BCUT2D eigenvalue weighted by atomic mass is 19.4.